The van der Waals surface area contributed by atoms with Gasteiger partial charge in [-0.2, -0.15) is 8.42 Å². The van der Waals surface area contributed by atoms with Gasteiger partial charge >= 0.3 is 29.6 Å². The molecule has 3 nitrogen and oxygen atoms in total. The number of hydrogen-bond acceptors (Lipinski definition) is 2. The summed E-state index contributed by atoms with van der Waals surface area (Å²) in [6.07, 6.45) is 4.07. The van der Waals surface area contributed by atoms with E-state index in [1.807, 2.05) is 6.92 Å². The second-order valence-corrected chi connectivity index (χ2v) is 4.42. The van der Waals surface area contributed by atoms with Gasteiger partial charge in [-0.05, 0) is 18.8 Å². The van der Waals surface area contributed by atoms with Crippen LogP contribution in [0.5, 0.6) is 0 Å². The second kappa shape index (κ2) is 8.00. The SMILES string of the molecule is C=CCC(CCC)CS(=O)(=O)O.[NaH]. The third-order valence-electron chi connectivity index (χ3n) is 1.64. The van der Waals surface area contributed by atoms with Crippen LogP contribution in [0.25, 0.3) is 0 Å². The average molecular weight is 216 g/mol. The van der Waals surface area contributed by atoms with Gasteiger partial charge in [-0.1, -0.05) is 19.4 Å². The Kier molecular flexibility index (Phi) is 9.90. The summed E-state index contributed by atoms with van der Waals surface area (Å²) in [5.41, 5.74) is 0. The van der Waals surface area contributed by atoms with Gasteiger partial charge in [0.2, 0.25) is 0 Å². The maximum absolute atomic E-state index is 10.5. The monoisotopic (exact) mass is 216 g/mol. The molecule has 0 aromatic carbocycles. The van der Waals surface area contributed by atoms with Crippen LogP contribution in [0.15, 0.2) is 12.7 Å². The molecule has 74 valence electrons. The summed E-state index contributed by atoms with van der Waals surface area (Å²) in [6, 6.07) is 0. The van der Waals surface area contributed by atoms with Crippen LogP contribution in [-0.2, 0) is 10.1 Å². The van der Waals surface area contributed by atoms with E-state index in [4.69, 9.17) is 4.55 Å². The number of allylic oxidation sites excluding steroid dienone is 1. The van der Waals surface area contributed by atoms with Gasteiger partial charge < -0.3 is 0 Å². The van der Waals surface area contributed by atoms with Crippen LogP contribution in [-0.4, -0.2) is 48.3 Å². The van der Waals surface area contributed by atoms with Crippen molar-refractivity contribution in [3.8, 4) is 0 Å². The molecule has 1 atom stereocenters. The Morgan fingerprint density at radius 3 is 2.38 bits per heavy atom. The Bertz CT molecular complexity index is 224. The molecular formula is C8H17NaO3S. The van der Waals surface area contributed by atoms with Gasteiger partial charge in [0.05, 0.1) is 5.75 Å². The Hall–Kier alpha value is 0.650. The van der Waals surface area contributed by atoms with Crippen LogP contribution < -0.4 is 0 Å². The van der Waals surface area contributed by atoms with Crippen molar-refractivity contribution in [1.29, 1.82) is 0 Å². The van der Waals surface area contributed by atoms with Crippen molar-refractivity contribution in [3.05, 3.63) is 12.7 Å². The molecule has 0 spiro atoms. The van der Waals surface area contributed by atoms with Crippen molar-refractivity contribution >= 4 is 39.7 Å². The summed E-state index contributed by atoms with van der Waals surface area (Å²) in [4.78, 5) is 0. The molecule has 0 saturated heterocycles. The van der Waals surface area contributed by atoms with E-state index < -0.39 is 10.1 Å². The zero-order valence-electron chi connectivity index (χ0n) is 7.36. The normalized spacial score (nSPS) is 13.1. The second-order valence-electron chi connectivity index (χ2n) is 2.93. The van der Waals surface area contributed by atoms with Gasteiger partial charge in [-0.15, -0.1) is 6.58 Å². The standard InChI is InChI=1S/C8H16O3S.Na.H/c1-3-5-8(6-4-2)7-12(9,10)11;;/h3,8H,1,4-7H2,2H3,(H,9,10,11);;. The molecule has 0 aromatic heterocycles. The van der Waals surface area contributed by atoms with E-state index in [1.54, 1.807) is 6.08 Å². The van der Waals surface area contributed by atoms with Crippen molar-refractivity contribution in [1.82, 2.24) is 0 Å². The molecule has 0 saturated carbocycles. The molecule has 0 radical (unpaired) electrons. The number of rotatable bonds is 6. The first kappa shape index (κ1) is 16.1. The molecule has 0 aromatic rings. The van der Waals surface area contributed by atoms with E-state index in [2.05, 4.69) is 6.58 Å². The van der Waals surface area contributed by atoms with Gasteiger partial charge in [-0.3, -0.25) is 4.55 Å². The van der Waals surface area contributed by atoms with E-state index in [0.29, 0.717) is 6.42 Å². The summed E-state index contributed by atoms with van der Waals surface area (Å²) in [5, 5.41) is 0. The quantitative estimate of drug-likeness (QED) is 0.412. The minimum absolute atomic E-state index is 0. The summed E-state index contributed by atoms with van der Waals surface area (Å²) in [7, 11) is -3.82. The van der Waals surface area contributed by atoms with E-state index in [0.717, 1.165) is 12.8 Å². The van der Waals surface area contributed by atoms with Crippen LogP contribution in [0.4, 0.5) is 0 Å². The molecule has 0 rings (SSSR count). The first-order valence-electron chi connectivity index (χ1n) is 4.05. The number of hydrogen-bond donors (Lipinski definition) is 1. The van der Waals surface area contributed by atoms with Crippen LogP contribution >= 0.6 is 0 Å². The van der Waals surface area contributed by atoms with E-state index >= 15 is 0 Å². The topological polar surface area (TPSA) is 54.4 Å². The third-order valence-corrected chi connectivity index (χ3v) is 2.54. The van der Waals surface area contributed by atoms with E-state index in [-0.39, 0.29) is 41.2 Å². The van der Waals surface area contributed by atoms with E-state index in [9.17, 15) is 8.42 Å². The van der Waals surface area contributed by atoms with Crippen molar-refractivity contribution in [2.75, 3.05) is 5.75 Å². The molecule has 13 heavy (non-hydrogen) atoms. The summed E-state index contributed by atoms with van der Waals surface area (Å²) in [6.45, 7) is 5.52. The molecule has 0 aliphatic carbocycles. The van der Waals surface area contributed by atoms with Crippen LogP contribution in [0, 0.1) is 5.92 Å². The maximum atomic E-state index is 10.5. The molecule has 0 bridgehead atoms. The summed E-state index contributed by atoms with van der Waals surface area (Å²) < 4.78 is 29.6. The molecule has 0 aliphatic heterocycles. The summed E-state index contributed by atoms with van der Waals surface area (Å²) >= 11 is 0. The Morgan fingerprint density at radius 1 is 1.54 bits per heavy atom. The van der Waals surface area contributed by atoms with Crippen LogP contribution in [0.3, 0.4) is 0 Å². The molecule has 5 heteroatoms. The van der Waals surface area contributed by atoms with E-state index in [1.165, 1.54) is 0 Å². The van der Waals surface area contributed by atoms with Crippen molar-refractivity contribution in [2.45, 2.75) is 26.2 Å². The molecule has 0 fully saturated rings. The zero-order chi connectivity index (χ0) is 9.61. The van der Waals surface area contributed by atoms with Crippen molar-refractivity contribution in [2.24, 2.45) is 5.92 Å². The Balaban J connectivity index is 0. The van der Waals surface area contributed by atoms with Gasteiger partial charge in [-0.25, -0.2) is 0 Å². The minimum atomic E-state index is -3.82. The molecule has 0 aliphatic rings. The van der Waals surface area contributed by atoms with Crippen LogP contribution in [0.2, 0.25) is 0 Å². The molecule has 0 amide bonds. The van der Waals surface area contributed by atoms with Gasteiger partial charge in [0.15, 0.2) is 0 Å². The molecule has 1 unspecified atom stereocenters. The predicted molar refractivity (Wildman–Crippen MR) is 56.8 cm³/mol. The fourth-order valence-electron chi connectivity index (χ4n) is 1.21. The van der Waals surface area contributed by atoms with Gasteiger partial charge in [0, 0.05) is 0 Å². The first-order valence-corrected chi connectivity index (χ1v) is 5.66. The fourth-order valence-corrected chi connectivity index (χ4v) is 2.11. The molecule has 1 N–H and O–H groups in total. The zero-order valence-corrected chi connectivity index (χ0v) is 8.18. The Morgan fingerprint density at radius 2 is 2.08 bits per heavy atom. The third kappa shape index (κ3) is 10.6. The Labute approximate surface area is 103 Å². The summed E-state index contributed by atoms with van der Waals surface area (Å²) in [5.74, 6) is -0.130. The van der Waals surface area contributed by atoms with Crippen LogP contribution in [0.1, 0.15) is 26.2 Å². The van der Waals surface area contributed by atoms with Crippen molar-refractivity contribution < 1.29 is 13.0 Å². The van der Waals surface area contributed by atoms with Gasteiger partial charge in [0.25, 0.3) is 10.1 Å². The molecule has 0 heterocycles. The first-order chi connectivity index (χ1) is 5.49. The fraction of sp³-hybridized carbons (Fsp3) is 0.750. The van der Waals surface area contributed by atoms with Crippen molar-refractivity contribution in [3.63, 3.8) is 0 Å². The van der Waals surface area contributed by atoms with Gasteiger partial charge in [0.1, 0.15) is 0 Å². The average Bonchev–Trinajstić information content (AvgIpc) is 1.84. The molecular weight excluding hydrogens is 199 g/mol. The predicted octanol–water partition coefficient (Wildman–Crippen LogP) is 1.22.